The molecule has 0 saturated carbocycles. The van der Waals surface area contributed by atoms with E-state index in [1.165, 1.54) is 5.56 Å². The second-order valence-corrected chi connectivity index (χ2v) is 5.80. The lowest BCUT2D eigenvalue weighted by Gasteiger charge is -2.32. The SMILES string of the molecule is O=C(CCc1ccccc1)N1CCC[C@@H](c2ccncn2)C1. The number of amides is 1. The molecule has 4 nitrogen and oxygen atoms in total. The number of hydrogen-bond acceptors (Lipinski definition) is 3. The van der Waals surface area contributed by atoms with Gasteiger partial charge in [-0.05, 0) is 30.9 Å². The molecule has 114 valence electrons. The first-order valence-electron chi connectivity index (χ1n) is 7.90. The number of aryl methyl sites for hydroxylation is 1. The van der Waals surface area contributed by atoms with E-state index in [9.17, 15) is 4.79 Å². The predicted octanol–water partition coefficient (Wildman–Crippen LogP) is 2.82. The molecule has 4 heteroatoms. The van der Waals surface area contributed by atoms with Crippen molar-refractivity contribution >= 4 is 5.91 Å². The Hall–Kier alpha value is -2.23. The van der Waals surface area contributed by atoms with Crippen LogP contribution in [-0.4, -0.2) is 33.9 Å². The van der Waals surface area contributed by atoms with Crippen LogP contribution in [0, 0.1) is 0 Å². The highest BCUT2D eigenvalue weighted by molar-refractivity contribution is 5.76. The molecule has 2 heterocycles. The second-order valence-electron chi connectivity index (χ2n) is 5.80. The minimum absolute atomic E-state index is 0.252. The van der Waals surface area contributed by atoms with Gasteiger partial charge in [0, 0.05) is 37.3 Å². The summed E-state index contributed by atoms with van der Waals surface area (Å²) in [4.78, 5) is 22.7. The molecule has 0 aliphatic carbocycles. The second kappa shape index (κ2) is 7.16. The molecule has 1 aromatic heterocycles. The molecule has 0 radical (unpaired) electrons. The van der Waals surface area contributed by atoms with Crippen LogP contribution in [0.4, 0.5) is 0 Å². The zero-order valence-electron chi connectivity index (χ0n) is 12.7. The van der Waals surface area contributed by atoms with Crippen LogP contribution in [0.3, 0.4) is 0 Å². The van der Waals surface area contributed by atoms with Gasteiger partial charge in [0.1, 0.15) is 6.33 Å². The lowest BCUT2D eigenvalue weighted by atomic mass is 9.94. The molecule has 22 heavy (non-hydrogen) atoms. The fraction of sp³-hybridized carbons (Fsp3) is 0.389. The lowest BCUT2D eigenvalue weighted by Crippen LogP contribution is -2.39. The highest BCUT2D eigenvalue weighted by Crippen LogP contribution is 2.25. The Kier molecular flexibility index (Phi) is 4.78. The standard InChI is InChI=1S/C18H21N3O/c22-18(9-8-15-5-2-1-3-6-15)21-12-4-7-16(13-21)17-10-11-19-14-20-17/h1-3,5-6,10-11,14,16H,4,7-9,12-13H2/t16-/m1/s1. The van der Waals surface area contributed by atoms with Gasteiger partial charge < -0.3 is 4.90 Å². The third-order valence-corrected chi connectivity index (χ3v) is 4.27. The summed E-state index contributed by atoms with van der Waals surface area (Å²) in [5.74, 6) is 0.597. The monoisotopic (exact) mass is 295 g/mol. The van der Waals surface area contributed by atoms with E-state index in [1.807, 2.05) is 29.2 Å². The van der Waals surface area contributed by atoms with Gasteiger partial charge in [-0.2, -0.15) is 0 Å². The van der Waals surface area contributed by atoms with Gasteiger partial charge in [0.25, 0.3) is 0 Å². The number of nitrogens with zero attached hydrogens (tertiary/aromatic N) is 3. The molecular weight excluding hydrogens is 274 g/mol. The van der Waals surface area contributed by atoms with Crippen molar-refractivity contribution < 1.29 is 4.79 Å². The summed E-state index contributed by atoms with van der Waals surface area (Å²) in [5, 5.41) is 0. The summed E-state index contributed by atoms with van der Waals surface area (Å²) in [6.45, 7) is 1.65. The third kappa shape index (κ3) is 3.70. The van der Waals surface area contributed by atoms with Crippen LogP contribution in [0.2, 0.25) is 0 Å². The molecule has 1 atom stereocenters. The number of carbonyl (C=O) groups is 1. The van der Waals surface area contributed by atoms with Gasteiger partial charge in [0.2, 0.25) is 5.91 Å². The van der Waals surface area contributed by atoms with Crippen LogP contribution in [0.25, 0.3) is 0 Å². The lowest BCUT2D eigenvalue weighted by molar-refractivity contribution is -0.132. The van der Waals surface area contributed by atoms with Crippen molar-refractivity contribution in [2.75, 3.05) is 13.1 Å². The largest absolute Gasteiger partial charge is 0.342 e. The van der Waals surface area contributed by atoms with E-state index in [2.05, 4.69) is 22.1 Å². The topological polar surface area (TPSA) is 46.1 Å². The number of aromatic nitrogens is 2. The molecule has 1 fully saturated rings. The van der Waals surface area contributed by atoms with Crippen LogP contribution < -0.4 is 0 Å². The molecule has 3 rings (SSSR count). The smallest absolute Gasteiger partial charge is 0.222 e. The maximum absolute atomic E-state index is 12.4. The van der Waals surface area contributed by atoms with Gasteiger partial charge in [0.05, 0.1) is 0 Å². The quantitative estimate of drug-likeness (QED) is 0.871. The van der Waals surface area contributed by atoms with Crippen LogP contribution in [0.5, 0.6) is 0 Å². The molecule has 2 aromatic rings. The Bertz CT molecular complexity index is 600. The normalized spacial score (nSPS) is 18.2. The Balaban J connectivity index is 1.56. The molecule has 1 aromatic carbocycles. The fourth-order valence-electron chi connectivity index (χ4n) is 3.04. The summed E-state index contributed by atoms with van der Waals surface area (Å²) in [6.07, 6.45) is 6.91. The van der Waals surface area contributed by atoms with Gasteiger partial charge in [-0.25, -0.2) is 9.97 Å². The van der Waals surface area contributed by atoms with Crippen molar-refractivity contribution in [2.24, 2.45) is 0 Å². The zero-order chi connectivity index (χ0) is 15.2. The van der Waals surface area contributed by atoms with Crippen molar-refractivity contribution in [3.63, 3.8) is 0 Å². The maximum atomic E-state index is 12.4. The first-order valence-corrected chi connectivity index (χ1v) is 7.90. The van der Waals surface area contributed by atoms with E-state index in [0.29, 0.717) is 12.3 Å². The van der Waals surface area contributed by atoms with E-state index in [1.54, 1.807) is 12.5 Å². The van der Waals surface area contributed by atoms with Crippen molar-refractivity contribution in [1.82, 2.24) is 14.9 Å². The summed E-state index contributed by atoms with van der Waals surface area (Å²) in [7, 11) is 0. The Labute approximate surface area is 131 Å². The minimum Gasteiger partial charge on any atom is -0.342 e. The number of hydrogen-bond donors (Lipinski definition) is 0. The van der Waals surface area contributed by atoms with Gasteiger partial charge in [0.15, 0.2) is 0 Å². The Morgan fingerprint density at radius 2 is 2.09 bits per heavy atom. The summed E-state index contributed by atoms with van der Waals surface area (Å²) in [5.41, 5.74) is 2.27. The Morgan fingerprint density at radius 1 is 1.23 bits per heavy atom. The highest BCUT2D eigenvalue weighted by atomic mass is 16.2. The number of likely N-dealkylation sites (tertiary alicyclic amines) is 1. The van der Waals surface area contributed by atoms with Crippen molar-refractivity contribution in [1.29, 1.82) is 0 Å². The van der Waals surface area contributed by atoms with E-state index in [4.69, 9.17) is 0 Å². The van der Waals surface area contributed by atoms with E-state index in [0.717, 1.165) is 38.0 Å². The van der Waals surface area contributed by atoms with Crippen LogP contribution in [-0.2, 0) is 11.2 Å². The summed E-state index contributed by atoms with van der Waals surface area (Å²) in [6, 6.07) is 12.2. The first kappa shape index (κ1) is 14.7. The number of carbonyl (C=O) groups excluding carboxylic acids is 1. The first-order chi connectivity index (χ1) is 10.8. The molecule has 1 amide bonds. The molecule has 0 bridgehead atoms. The molecule has 1 aliphatic heterocycles. The molecule has 0 spiro atoms. The Morgan fingerprint density at radius 3 is 2.86 bits per heavy atom. The van der Waals surface area contributed by atoms with Gasteiger partial charge in [-0.15, -0.1) is 0 Å². The van der Waals surface area contributed by atoms with Crippen molar-refractivity contribution in [2.45, 2.75) is 31.6 Å². The molecule has 0 unspecified atom stereocenters. The maximum Gasteiger partial charge on any atom is 0.222 e. The minimum atomic E-state index is 0.252. The third-order valence-electron chi connectivity index (χ3n) is 4.27. The van der Waals surface area contributed by atoms with Gasteiger partial charge >= 0.3 is 0 Å². The van der Waals surface area contributed by atoms with Crippen molar-refractivity contribution in [3.8, 4) is 0 Å². The molecular formula is C18H21N3O. The van der Waals surface area contributed by atoms with E-state index < -0.39 is 0 Å². The number of benzene rings is 1. The summed E-state index contributed by atoms with van der Waals surface area (Å²) >= 11 is 0. The fourth-order valence-corrected chi connectivity index (χ4v) is 3.04. The van der Waals surface area contributed by atoms with Crippen LogP contribution >= 0.6 is 0 Å². The van der Waals surface area contributed by atoms with Crippen LogP contribution in [0.1, 0.15) is 36.4 Å². The average Bonchev–Trinajstić information content (AvgIpc) is 2.61. The predicted molar refractivity (Wildman–Crippen MR) is 85.4 cm³/mol. The highest BCUT2D eigenvalue weighted by Gasteiger charge is 2.25. The van der Waals surface area contributed by atoms with Crippen LogP contribution in [0.15, 0.2) is 48.9 Å². The van der Waals surface area contributed by atoms with Gasteiger partial charge in [-0.1, -0.05) is 30.3 Å². The molecule has 1 saturated heterocycles. The van der Waals surface area contributed by atoms with E-state index in [-0.39, 0.29) is 5.91 Å². The number of rotatable bonds is 4. The van der Waals surface area contributed by atoms with Gasteiger partial charge in [-0.3, -0.25) is 4.79 Å². The van der Waals surface area contributed by atoms with Crippen molar-refractivity contribution in [3.05, 3.63) is 60.2 Å². The summed E-state index contributed by atoms with van der Waals surface area (Å²) < 4.78 is 0. The zero-order valence-corrected chi connectivity index (χ0v) is 12.7. The number of piperidine rings is 1. The van der Waals surface area contributed by atoms with E-state index >= 15 is 0 Å². The average molecular weight is 295 g/mol. The molecule has 0 N–H and O–H groups in total. The molecule has 1 aliphatic rings.